The van der Waals surface area contributed by atoms with Gasteiger partial charge < -0.3 is 14.0 Å². The van der Waals surface area contributed by atoms with Crippen molar-refractivity contribution < 1.29 is 18.8 Å². The van der Waals surface area contributed by atoms with E-state index >= 15 is 0 Å². The summed E-state index contributed by atoms with van der Waals surface area (Å²) in [5.41, 5.74) is 1.72. The molecule has 0 spiro atoms. The molecule has 0 saturated carbocycles. The molecule has 140 valence electrons. The second kappa shape index (κ2) is 7.66. The smallest absolute Gasteiger partial charge is 0.338 e. The maximum atomic E-state index is 12.3. The lowest BCUT2D eigenvalue weighted by molar-refractivity contribution is 0.0430. The predicted molar refractivity (Wildman–Crippen MR) is 94.6 cm³/mol. The van der Waals surface area contributed by atoms with E-state index in [9.17, 15) is 4.79 Å². The van der Waals surface area contributed by atoms with Crippen molar-refractivity contribution in [2.75, 3.05) is 7.11 Å². The Morgan fingerprint density at radius 1 is 1.18 bits per heavy atom. The molecule has 2 heterocycles. The van der Waals surface area contributed by atoms with Crippen molar-refractivity contribution >= 4 is 5.97 Å². The number of hydrogen-bond acceptors (Lipinski definition) is 9. The third kappa shape index (κ3) is 3.70. The summed E-state index contributed by atoms with van der Waals surface area (Å²) >= 11 is 0. The van der Waals surface area contributed by atoms with Gasteiger partial charge in [0.05, 0.1) is 18.4 Å². The summed E-state index contributed by atoms with van der Waals surface area (Å²) in [5.74, 6) is 0.710. The highest BCUT2D eigenvalue weighted by atomic mass is 16.6. The van der Waals surface area contributed by atoms with Crippen LogP contribution in [0.5, 0.6) is 5.75 Å². The van der Waals surface area contributed by atoms with E-state index in [-0.39, 0.29) is 12.5 Å². The zero-order chi connectivity index (χ0) is 19.3. The number of tetrazole rings is 1. The van der Waals surface area contributed by atoms with Crippen molar-refractivity contribution in [3.63, 3.8) is 0 Å². The maximum Gasteiger partial charge on any atom is 0.338 e. The van der Waals surface area contributed by atoms with Crippen LogP contribution in [0, 0.1) is 0 Å². The van der Waals surface area contributed by atoms with Gasteiger partial charge in [0.25, 0.3) is 5.89 Å². The van der Waals surface area contributed by atoms with Crippen LogP contribution in [0.4, 0.5) is 0 Å². The SMILES string of the molecule is COc1cccc(-c2noc(COC(=O)c3cccc(-n4cnnn4)c3)n2)c1. The molecule has 0 fully saturated rings. The minimum Gasteiger partial charge on any atom is -0.497 e. The third-order valence-corrected chi connectivity index (χ3v) is 3.82. The number of methoxy groups -OCH3 is 1. The van der Waals surface area contributed by atoms with Crippen LogP contribution in [-0.2, 0) is 11.3 Å². The van der Waals surface area contributed by atoms with Crippen LogP contribution in [0.3, 0.4) is 0 Å². The Kier molecular flexibility index (Phi) is 4.74. The summed E-state index contributed by atoms with van der Waals surface area (Å²) in [4.78, 5) is 16.5. The number of carbonyl (C=O) groups is 1. The molecular formula is C18H14N6O4. The standard InChI is InChI=1S/C18H14N6O4/c1-26-15-7-3-4-12(9-15)17-20-16(28-21-17)10-27-18(25)13-5-2-6-14(8-13)24-11-19-22-23-24/h2-9,11H,10H2,1H3. The second-order valence-electron chi connectivity index (χ2n) is 5.62. The molecule has 0 unspecified atom stereocenters. The van der Waals surface area contributed by atoms with Gasteiger partial charge in [-0.05, 0) is 40.8 Å². The summed E-state index contributed by atoms with van der Waals surface area (Å²) in [6, 6.07) is 14.0. The minimum absolute atomic E-state index is 0.148. The van der Waals surface area contributed by atoms with Crippen LogP contribution in [0.2, 0.25) is 0 Å². The zero-order valence-corrected chi connectivity index (χ0v) is 14.7. The van der Waals surface area contributed by atoms with Crippen molar-refractivity contribution in [1.82, 2.24) is 30.3 Å². The highest BCUT2D eigenvalue weighted by Gasteiger charge is 2.14. The van der Waals surface area contributed by atoms with Gasteiger partial charge in [-0.25, -0.2) is 9.48 Å². The first-order chi connectivity index (χ1) is 13.7. The molecule has 0 radical (unpaired) electrons. The quantitative estimate of drug-likeness (QED) is 0.465. The van der Waals surface area contributed by atoms with E-state index in [1.54, 1.807) is 37.4 Å². The molecule has 0 aliphatic carbocycles. The van der Waals surface area contributed by atoms with Crippen molar-refractivity contribution in [2.45, 2.75) is 6.61 Å². The first kappa shape index (κ1) is 17.3. The number of ether oxygens (including phenoxy) is 2. The molecule has 4 rings (SSSR count). The van der Waals surface area contributed by atoms with E-state index in [0.717, 1.165) is 5.56 Å². The number of hydrogen-bond donors (Lipinski definition) is 0. The fourth-order valence-corrected chi connectivity index (χ4v) is 2.46. The molecule has 2 aromatic heterocycles. The molecule has 0 N–H and O–H groups in total. The third-order valence-electron chi connectivity index (χ3n) is 3.82. The van der Waals surface area contributed by atoms with E-state index in [0.29, 0.717) is 22.8 Å². The summed E-state index contributed by atoms with van der Waals surface area (Å²) in [7, 11) is 1.58. The van der Waals surface area contributed by atoms with Gasteiger partial charge in [-0.3, -0.25) is 0 Å². The predicted octanol–water partition coefficient (Wildman–Crippen LogP) is 2.08. The van der Waals surface area contributed by atoms with E-state index < -0.39 is 5.97 Å². The topological polar surface area (TPSA) is 118 Å². The Hall–Kier alpha value is -4.08. The lowest BCUT2D eigenvalue weighted by atomic mass is 10.2. The number of esters is 1. The molecule has 0 amide bonds. The van der Waals surface area contributed by atoms with Crippen molar-refractivity contribution in [3.05, 3.63) is 66.3 Å². The molecule has 0 bridgehead atoms. The normalized spacial score (nSPS) is 10.6. The molecule has 28 heavy (non-hydrogen) atoms. The van der Waals surface area contributed by atoms with Gasteiger partial charge >= 0.3 is 5.97 Å². The van der Waals surface area contributed by atoms with Gasteiger partial charge in [-0.15, -0.1) is 5.10 Å². The van der Waals surface area contributed by atoms with Crippen LogP contribution < -0.4 is 4.74 Å². The van der Waals surface area contributed by atoms with Gasteiger partial charge in [-0.1, -0.05) is 23.4 Å². The molecule has 0 atom stereocenters. The van der Waals surface area contributed by atoms with Gasteiger partial charge in [0.1, 0.15) is 12.1 Å². The Labute approximate surface area is 158 Å². The number of carbonyl (C=O) groups excluding carboxylic acids is 1. The fraction of sp³-hybridized carbons (Fsp3) is 0.111. The van der Waals surface area contributed by atoms with Crippen molar-refractivity contribution in [2.24, 2.45) is 0 Å². The lowest BCUT2D eigenvalue weighted by Gasteiger charge is -2.04. The minimum atomic E-state index is -0.531. The zero-order valence-electron chi connectivity index (χ0n) is 14.7. The van der Waals surface area contributed by atoms with Crippen LogP contribution in [-0.4, -0.2) is 43.4 Å². The molecule has 4 aromatic rings. The maximum absolute atomic E-state index is 12.3. The number of rotatable bonds is 6. The first-order valence-electron chi connectivity index (χ1n) is 8.20. The van der Waals surface area contributed by atoms with Crippen molar-refractivity contribution in [3.8, 4) is 22.8 Å². The Bertz CT molecular complexity index is 1090. The summed E-state index contributed by atoms with van der Waals surface area (Å²) < 4.78 is 17.0. The van der Waals surface area contributed by atoms with E-state index in [1.165, 1.54) is 11.0 Å². The van der Waals surface area contributed by atoms with Crippen LogP contribution in [0.1, 0.15) is 16.2 Å². The molecule has 0 aliphatic heterocycles. The molecule has 2 aromatic carbocycles. The largest absolute Gasteiger partial charge is 0.497 e. The lowest BCUT2D eigenvalue weighted by Crippen LogP contribution is -2.06. The van der Waals surface area contributed by atoms with Crippen LogP contribution in [0.15, 0.2) is 59.4 Å². The van der Waals surface area contributed by atoms with Crippen LogP contribution >= 0.6 is 0 Å². The van der Waals surface area contributed by atoms with E-state index in [4.69, 9.17) is 14.0 Å². The number of aromatic nitrogens is 6. The van der Waals surface area contributed by atoms with Crippen molar-refractivity contribution in [1.29, 1.82) is 0 Å². The summed E-state index contributed by atoms with van der Waals surface area (Å²) in [6.45, 7) is -0.148. The fourth-order valence-electron chi connectivity index (χ4n) is 2.46. The monoisotopic (exact) mass is 378 g/mol. The Morgan fingerprint density at radius 2 is 2.07 bits per heavy atom. The molecular weight excluding hydrogens is 364 g/mol. The average Bonchev–Trinajstić information content (AvgIpc) is 3.44. The first-order valence-corrected chi connectivity index (χ1v) is 8.20. The summed E-state index contributed by atoms with van der Waals surface area (Å²) in [5, 5.41) is 14.8. The van der Waals surface area contributed by atoms with E-state index in [1.807, 2.05) is 18.2 Å². The highest BCUT2D eigenvalue weighted by molar-refractivity contribution is 5.90. The molecule has 0 saturated heterocycles. The van der Waals surface area contributed by atoms with Gasteiger partial charge in [0.2, 0.25) is 5.82 Å². The van der Waals surface area contributed by atoms with E-state index in [2.05, 4.69) is 25.7 Å². The van der Waals surface area contributed by atoms with Gasteiger partial charge in [0.15, 0.2) is 6.61 Å². The second-order valence-corrected chi connectivity index (χ2v) is 5.62. The molecule has 10 heteroatoms. The Balaban J connectivity index is 1.43. The molecule has 10 nitrogen and oxygen atoms in total. The molecule has 0 aliphatic rings. The average molecular weight is 378 g/mol. The van der Waals surface area contributed by atoms with Crippen LogP contribution in [0.25, 0.3) is 17.1 Å². The Morgan fingerprint density at radius 3 is 2.89 bits per heavy atom. The summed E-state index contributed by atoms with van der Waals surface area (Å²) in [6.07, 6.45) is 1.43. The number of benzene rings is 2. The highest BCUT2D eigenvalue weighted by Crippen LogP contribution is 2.21. The van der Waals surface area contributed by atoms with Gasteiger partial charge in [-0.2, -0.15) is 4.98 Å². The number of nitrogens with zero attached hydrogens (tertiary/aromatic N) is 6. The van der Waals surface area contributed by atoms with Gasteiger partial charge in [0, 0.05) is 5.56 Å².